The molecule has 0 spiro atoms. The van der Waals surface area contributed by atoms with Crippen LogP contribution in [0.3, 0.4) is 0 Å². The van der Waals surface area contributed by atoms with E-state index in [2.05, 4.69) is 17.1 Å². The largest absolute Gasteiger partial charge is 0.396 e. The Bertz CT molecular complexity index is 170. The minimum atomic E-state index is 0.351. The van der Waals surface area contributed by atoms with Crippen LogP contribution >= 0.6 is 0 Å². The van der Waals surface area contributed by atoms with E-state index in [0.29, 0.717) is 6.61 Å². The van der Waals surface area contributed by atoms with E-state index in [0.717, 1.165) is 19.0 Å². The minimum absolute atomic E-state index is 0.351. The summed E-state index contributed by atoms with van der Waals surface area (Å²) in [5, 5.41) is 12.3. The van der Waals surface area contributed by atoms with Crippen LogP contribution in [0, 0.1) is 0 Å². The Morgan fingerprint density at radius 1 is 1.18 bits per heavy atom. The van der Waals surface area contributed by atoms with Crippen molar-refractivity contribution < 1.29 is 5.11 Å². The Morgan fingerprint density at radius 2 is 2.00 bits per heavy atom. The summed E-state index contributed by atoms with van der Waals surface area (Å²) in [6.45, 7) is 7.42. The van der Waals surface area contributed by atoms with Gasteiger partial charge in [-0.1, -0.05) is 26.2 Å². The molecule has 17 heavy (non-hydrogen) atoms. The molecule has 1 atom stereocenters. The molecule has 0 saturated carbocycles. The highest BCUT2D eigenvalue weighted by Gasteiger charge is 2.15. The van der Waals surface area contributed by atoms with Gasteiger partial charge in [0.05, 0.1) is 0 Å². The summed E-state index contributed by atoms with van der Waals surface area (Å²) < 4.78 is 0. The second kappa shape index (κ2) is 9.86. The molecule has 1 unspecified atom stereocenters. The highest BCUT2D eigenvalue weighted by Crippen LogP contribution is 2.09. The number of hydrogen-bond acceptors (Lipinski definition) is 3. The van der Waals surface area contributed by atoms with Gasteiger partial charge in [-0.3, -0.25) is 0 Å². The number of nitrogens with one attached hydrogen (secondary N) is 1. The summed E-state index contributed by atoms with van der Waals surface area (Å²) in [5.74, 6) is 0. The molecule has 0 amide bonds. The Labute approximate surface area is 107 Å². The molecule has 0 aromatic rings. The average Bonchev–Trinajstić information content (AvgIpc) is 2.38. The van der Waals surface area contributed by atoms with Crippen LogP contribution in [0.4, 0.5) is 0 Å². The van der Waals surface area contributed by atoms with Gasteiger partial charge in [0.25, 0.3) is 0 Å². The second-order valence-electron chi connectivity index (χ2n) is 5.18. The SMILES string of the molecule is CCN(CCCCCCO)CC1CCCCN1. The fourth-order valence-electron chi connectivity index (χ4n) is 2.57. The highest BCUT2D eigenvalue weighted by atomic mass is 16.2. The topological polar surface area (TPSA) is 35.5 Å². The Hall–Kier alpha value is -0.120. The molecule has 1 rings (SSSR count). The van der Waals surface area contributed by atoms with E-state index in [1.807, 2.05) is 0 Å². The van der Waals surface area contributed by atoms with Crippen molar-refractivity contribution >= 4 is 0 Å². The first-order chi connectivity index (χ1) is 8.36. The van der Waals surface area contributed by atoms with E-state index < -0.39 is 0 Å². The van der Waals surface area contributed by atoms with Gasteiger partial charge in [0, 0.05) is 19.2 Å². The van der Waals surface area contributed by atoms with Gasteiger partial charge in [-0.2, -0.15) is 0 Å². The van der Waals surface area contributed by atoms with Gasteiger partial charge >= 0.3 is 0 Å². The predicted octanol–water partition coefficient (Wildman–Crippen LogP) is 2.00. The first-order valence-corrected chi connectivity index (χ1v) is 7.43. The third-order valence-electron chi connectivity index (χ3n) is 3.72. The molecular formula is C14H30N2O. The lowest BCUT2D eigenvalue weighted by Crippen LogP contribution is -2.43. The number of nitrogens with zero attached hydrogens (tertiary/aromatic N) is 1. The van der Waals surface area contributed by atoms with Crippen LogP contribution in [0.15, 0.2) is 0 Å². The Morgan fingerprint density at radius 3 is 2.65 bits per heavy atom. The molecule has 0 radical (unpaired) electrons. The Balaban J connectivity index is 2.05. The van der Waals surface area contributed by atoms with Gasteiger partial charge in [0.2, 0.25) is 0 Å². The average molecular weight is 242 g/mol. The molecule has 102 valence electrons. The number of rotatable bonds is 9. The first kappa shape index (κ1) is 14.9. The zero-order valence-corrected chi connectivity index (χ0v) is 11.5. The van der Waals surface area contributed by atoms with Gasteiger partial charge in [0.1, 0.15) is 0 Å². The maximum atomic E-state index is 8.72. The fraction of sp³-hybridized carbons (Fsp3) is 1.00. The van der Waals surface area contributed by atoms with E-state index >= 15 is 0 Å². The van der Waals surface area contributed by atoms with Gasteiger partial charge in [0.15, 0.2) is 0 Å². The van der Waals surface area contributed by atoms with E-state index in [9.17, 15) is 0 Å². The summed E-state index contributed by atoms with van der Waals surface area (Å²) in [6.07, 6.45) is 8.78. The van der Waals surface area contributed by atoms with Crippen LogP contribution in [0.25, 0.3) is 0 Å². The number of hydrogen-bond donors (Lipinski definition) is 2. The molecule has 1 aliphatic heterocycles. The lowest BCUT2D eigenvalue weighted by molar-refractivity contribution is 0.227. The summed E-state index contributed by atoms with van der Waals surface area (Å²) >= 11 is 0. The van der Waals surface area contributed by atoms with Gasteiger partial charge < -0.3 is 15.3 Å². The number of aliphatic hydroxyl groups is 1. The van der Waals surface area contributed by atoms with Crippen LogP contribution in [-0.2, 0) is 0 Å². The van der Waals surface area contributed by atoms with Gasteiger partial charge in [-0.25, -0.2) is 0 Å². The number of piperidine rings is 1. The molecule has 1 saturated heterocycles. The van der Waals surface area contributed by atoms with Gasteiger partial charge in [-0.05, 0) is 45.3 Å². The number of unbranched alkanes of at least 4 members (excludes halogenated alkanes) is 3. The molecule has 1 heterocycles. The lowest BCUT2D eigenvalue weighted by atomic mass is 10.0. The maximum Gasteiger partial charge on any atom is 0.0431 e. The van der Waals surface area contributed by atoms with Crippen molar-refractivity contribution in [2.45, 2.75) is 57.9 Å². The molecule has 0 aromatic heterocycles. The molecule has 0 aromatic carbocycles. The predicted molar refractivity (Wildman–Crippen MR) is 73.3 cm³/mol. The van der Waals surface area contributed by atoms with E-state index in [-0.39, 0.29) is 0 Å². The summed E-state index contributed by atoms with van der Waals surface area (Å²) in [4.78, 5) is 2.57. The zero-order valence-electron chi connectivity index (χ0n) is 11.5. The molecule has 1 aliphatic rings. The molecular weight excluding hydrogens is 212 g/mol. The third-order valence-corrected chi connectivity index (χ3v) is 3.72. The molecule has 0 aliphatic carbocycles. The van der Waals surface area contributed by atoms with Crippen molar-refractivity contribution in [2.24, 2.45) is 0 Å². The first-order valence-electron chi connectivity index (χ1n) is 7.43. The monoisotopic (exact) mass is 242 g/mol. The van der Waals surface area contributed by atoms with Crippen LogP contribution in [-0.4, -0.2) is 48.8 Å². The maximum absolute atomic E-state index is 8.72. The normalized spacial score (nSPS) is 21.0. The quantitative estimate of drug-likeness (QED) is 0.607. The minimum Gasteiger partial charge on any atom is -0.396 e. The summed E-state index contributed by atoms with van der Waals surface area (Å²) in [6, 6.07) is 0.723. The van der Waals surface area contributed by atoms with Crippen LogP contribution < -0.4 is 5.32 Å². The fourth-order valence-corrected chi connectivity index (χ4v) is 2.57. The van der Waals surface area contributed by atoms with Crippen LogP contribution in [0.5, 0.6) is 0 Å². The highest BCUT2D eigenvalue weighted by molar-refractivity contribution is 4.75. The van der Waals surface area contributed by atoms with Crippen molar-refractivity contribution in [3.8, 4) is 0 Å². The number of aliphatic hydroxyl groups excluding tert-OH is 1. The van der Waals surface area contributed by atoms with E-state index in [1.165, 1.54) is 58.2 Å². The van der Waals surface area contributed by atoms with Gasteiger partial charge in [-0.15, -0.1) is 0 Å². The van der Waals surface area contributed by atoms with Crippen molar-refractivity contribution in [3.63, 3.8) is 0 Å². The van der Waals surface area contributed by atoms with Crippen molar-refractivity contribution in [2.75, 3.05) is 32.8 Å². The molecule has 0 bridgehead atoms. The van der Waals surface area contributed by atoms with Crippen molar-refractivity contribution in [1.29, 1.82) is 0 Å². The molecule has 3 nitrogen and oxygen atoms in total. The van der Waals surface area contributed by atoms with Crippen LogP contribution in [0.2, 0.25) is 0 Å². The third kappa shape index (κ3) is 7.02. The smallest absolute Gasteiger partial charge is 0.0431 e. The Kier molecular flexibility index (Phi) is 8.67. The van der Waals surface area contributed by atoms with Crippen LogP contribution in [0.1, 0.15) is 51.9 Å². The molecule has 3 heteroatoms. The molecule has 2 N–H and O–H groups in total. The second-order valence-corrected chi connectivity index (χ2v) is 5.18. The van der Waals surface area contributed by atoms with E-state index in [4.69, 9.17) is 5.11 Å². The van der Waals surface area contributed by atoms with E-state index in [1.54, 1.807) is 0 Å². The number of likely N-dealkylation sites (N-methyl/N-ethyl adjacent to an activating group) is 1. The standard InChI is InChI=1S/C14H30N2O/c1-2-16(11-7-3-4-8-12-17)13-14-9-5-6-10-15-14/h14-15,17H,2-13H2,1H3. The van der Waals surface area contributed by atoms with Crippen molar-refractivity contribution in [1.82, 2.24) is 10.2 Å². The summed E-state index contributed by atoms with van der Waals surface area (Å²) in [5.41, 5.74) is 0. The zero-order chi connectivity index (χ0) is 12.3. The lowest BCUT2D eigenvalue weighted by Gasteiger charge is -2.29. The molecule has 1 fully saturated rings. The van der Waals surface area contributed by atoms with Crippen molar-refractivity contribution in [3.05, 3.63) is 0 Å². The summed E-state index contributed by atoms with van der Waals surface area (Å²) in [7, 11) is 0.